The molecule has 2 amide bonds. The van der Waals surface area contributed by atoms with Gasteiger partial charge in [0.15, 0.2) is 23.1 Å². The fraction of sp³-hybridized carbons (Fsp3) is 0.378. The van der Waals surface area contributed by atoms with E-state index in [4.69, 9.17) is 18.9 Å². The number of halogens is 1. The molecule has 49 heavy (non-hydrogen) atoms. The lowest BCUT2D eigenvalue weighted by Gasteiger charge is -2.32. The minimum absolute atomic E-state index is 0.0570. The Bertz CT molecular complexity index is 1860. The van der Waals surface area contributed by atoms with E-state index in [-0.39, 0.29) is 17.3 Å². The van der Waals surface area contributed by atoms with Gasteiger partial charge in [0.1, 0.15) is 24.4 Å². The highest BCUT2D eigenvalue weighted by Crippen LogP contribution is 2.49. The van der Waals surface area contributed by atoms with E-state index in [1.807, 2.05) is 19.1 Å². The van der Waals surface area contributed by atoms with Crippen molar-refractivity contribution in [3.05, 3.63) is 72.2 Å². The average molecular weight is 670 g/mol. The molecule has 0 spiro atoms. The first-order valence-electron chi connectivity index (χ1n) is 16.7. The quantitative estimate of drug-likeness (QED) is 0.155. The summed E-state index contributed by atoms with van der Waals surface area (Å²) >= 11 is 0. The molecule has 2 fully saturated rings. The summed E-state index contributed by atoms with van der Waals surface area (Å²) in [5, 5.41) is 6.07. The topological polar surface area (TPSA) is 114 Å². The Balaban J connectivity index is 1.03. The van der Waals surface area contributed by atoms with Crippen molar-refractivity contribution in [3.63, 3.8) is 0 Å². The predicted octanol–water partition coefficient (Wildman–Crippen LogP) is 5.62. The van der Waals surface area contributed by atoms with Gasteiger partial charge in [-0.05, 0) is 63.6 Å². The molecular weight excluding hydrogens is 629 g/mol. The number of nitrogens with one attached hydrogen (secondary N) is 2. The van der Waals surface area contributed by atoms with Crippen LogP contribution in [0.4, 0.5) is 15.8 Å². The monoisotopic (exact) mass is 669 g/mol. The lowest BCUT2D eigenvalue weighted by molar-refractivity contribution is -0.131. The molecule has 11 nitrogen and oxygen atoms in total. The highest BCUT2D eigenvalue weighted by atomic mass is 19.1. The van der Waals surface area contributed by atoms with E-state index in [2.05, 4.69) is 32.5 Å². The van der Waals surface area contributed by atoms with E-state index in [9.17, 15) is 9.59 Å². The number of fused-ring (bicyclic) bond motifs is 3. The summed E-state index contributed by atoms with van der Waals surface area (Å²) in [5.41, 5.74) is 1.25. The maximum absolute atomic E-state index is 15.5. The van der Waals surface area contributed by atoms with Gasteiger partial charge in [0.2, 0.25) is 17.6 Å². The van der Waals surface area contributed by atoms with Crippen molar-refractivity contribution in [3.8, 4) is 28.7 Å². The van der Waals surface area contributed by atoms with Crippen LogP contribution in [0.25, 0.3) is 10.9 Å². The van der Waals surface area contributed by atoms with E-state index in [0.717, 1.165) is 44.7 Å². The zero-order valence-corrected chi connectivity index (χ0v) is 27.7. The minimum Gasteiger partial charge on any atom is -0.489 e. The zero-order valence-electron chi connectivity index (χ0n) is 27.7. The second-order valence-electron chi connectivity index (χ2n) is 12.9. The van der Waals surface area contributed by atoms with Crippen molar-refractivity contribution in [1.29, 1.82) is 0 Å². The van der Waals surface area contributed by atoms with Gasteiger partial charge in [0.05, 0.1) is 17.5 Å². The summed E-state index contributed by atoms with van der Waals surface area (Å²) in [6.45, 7) is 8.36. The number of aryl methyl sites for hydroxylation is 1. The fourth-order valence-electron chi connectivity index (χ4n) is 6.11. The largest absolute Gasteiger partial charge is 0.489 e. The number of carbonyl (C=O) groups excluding carboxylic acids is 2. The number of anilines is 2. The molecule has 3 aromatic carbocycles. The molecule has 7 rings (SSSR count). The molecule has 0 unspecified atom stereocenters. The molecule has 0 bridgehead atoms. The van der Waals surface area contributed by atoms with Crippen molar-refractivity contribution in [2.75, 3.05) is 70.2 Å². The summed E-state index contributed by atoms with van der Waals surface area (Å²) < 4.78 is 39.8. The normalized spacial score (nSPS) is 17.0. The van der Waals surface area contributed by atoms with Crippen molar-refractivity contribution in [2.45, 2.75) is 26.2 Å². The second-order valence-corrected chi connectivity index (χ2v) is 12.9. The number of ether oxygens (including phenoxy) is 4. The van der Waals surface area contributed by atoms with Crippen molar-refractivity contribution in [2.24, 2.45) is 5.41 Å². The van der Waals surface area contributed by atoms with Crippen LogP contribution < -0.4 is 29.6 Å². The van der Waals surface area contributed by atoms with Crippen LogP contribution in [0.3, 0.4) is 0 Å². The average Bonchev–Trinajstić information content (AvgIpc) is 3.92. The molecule has 1 saturated heterocycles. The first-order chi connectivity index (χ1) is 23.8. The number of hydrogen-bond acceptors (Lipinski definition) is 9. The van der Waals surface area contributed by atoms with Gasteiger partial charge >= 0.3 is 0 Å². The molecule has 3 aliphatic rings. The van der Waals surface area contributed by atoms with Crippen LogP contribution in [0.15, 0.2) is 60.8 Å². The fourth-order valence-corrected chi connectivity index (χ4v) is 6.11. The molecule has 2 N–H and O–H groups in total. The standard InChI is InChI=1S/C37H40FN5O6/c1-24-4-6-25(7-5-24)40-35(44)37(11-12-37)36(45)41-26-8-9-29(27(38)22-26)49-30-10-13-39-28-23-31(33-34(32(28)30)48-21-20-47-33)46-19-3-14-43-17-15-42(2)16-18-43/h4-10,13,22-23H,3,11-12,14-21H2,1-2H3,(H,40,44)(H,41,45). The van der Waals surface area contributed by atoms with Crippen LogP contribution in [0.1, 0.15) is 24.8 Å². The Hall–Kier alpha value is -4.94. The molecule has 12 heteroatoms. The molecule has 0 atom stereocenters. The highest BCUT2D eigenvalue weighted by Gasteiger charge is 2.56. The summed E-state index contributed by atoms with van der Waals surface area (Å²) in [5.74, 6) is 0.158. The lowest BCUT2D eigenvalue weighted by Crippen LogP contribution is -2.44. The lowest BCUT2D eigenvalue weighted by atomic mass is 10.0. The third-order valence-electron chi connectivity index (χ3n) is 9.25. The van der Waals surface area contributed by atoms with Crippen molar-refractivity contribution >= 4 is 34.1 Å². The van der Waals surface area contributed by atoms with Crippen molar-refractivity contribution < 1.29 is 32.9 Å². The number of hydrogen-bond donors (Lipinski definition) is 2. The molecule has 3 heterocycles. The van der Waals surface area contributed by atoms with E-state index in [1.165, 1.54) is 18.2 Å². The number of amides is 2. The van der Waals surface area contributed by atoms with Gasteiger partial charge in [0, 0.05) is 62.4 Å². The van der Waals surface area contributed by atoms with Gasteiger partial charge in [-0.1, -0.05) is 17.7 Å². The molecule has 256 valence electrons. The highest BCUT2D eigenvalue weighted by molar-refractivity contribution is 6.17. The van der Waals surface area contributed by atoms with E-state index in [0.29, 0.717) is 72.3 Å². The molecule has 1 aliphatic carbocycles. The Morgan fingerprint density at radius 3 is 2.29 bits per heavy atom. The second kappa shape index (κ2) is 13.9. The van der Waals surface area contributed by atoms with Gasteiger partial charge in [-0.3, -0.25) is 14.6 Å². The Labute approximate surface area is 284 Å². The number of nitrogens with zero attached hydrogens (tertiary/aromatic N) is 3. The summed E-state index contributed by atoms with van der Waals surface area (Å²) in [6.07, 6.45) is 3.27. The summed E-state index contributed by atoms with van der Waals surface area (Å²) in [7, 11) is 2.14. The van der Waals surface area contributed by atoms with E-state index in [1.54, 1.807) is 30.5 Å². The van der Waals surface area contributed by atoms with E-state index >= 15 is 4.39 Å². The van der Waals surface area contributed by atoms with Crippen LogP contribution in [0.2, 0.25) is 0 Å². The van der Waals surface area contributed by atoms with E-state index < -0.39 is 17.1 Å². The number of piperazine rings is 1. The Morgan fingerprint density at radius 1 is 0.878 bits per heavy atom. The molecule has 2 aliphatic heterocycles. The minimum atomic E-state index is -1.19. The van der Waals surface area contributed by atoms with Crippen molar-refractivity contribution in [1.82, 2.24) is 14.8 Å². The maximum atomic E-state index is 15.5. The van der Waals surface area contributed by atoms with Gasteiger partial charge in [-0.2, -0.15) is 0 Å². The van der Waals surface area contributed by atoms with Gasteiger partial charge in [-0.15, -0.1) is 0 Å². The maximum Gasteiger partial charge on any atom is 0.240 e. The molecule has 1 aromatic heterocycles. The smallest absolute Gasteiger partial charge is 0.240 e. The number of rotatable bonds is 11. The summed E-state index contributed by atoms with van der Waals surface area (Å²) in [4.78, 5) is 35.5. The third-order valence-corrected chi connectivity index (χ3v) is 9.25. The van der Waals surface area contributed by atoms with Crippen LogP contribution in [-0.4, -0.2) is 86.2 Å². The predicted molar refractivity (Wildman–Crippen MR) is 183 cm³/mol. The number of benzene rings is 3. The number of likely N-dealkylation sites (N-methyl/N-ethyl adjacent to an activating group) is 1. The Morgan fingerprint density at radius 2 is 1.57 bits per heavy atom. The number of aromatic nitrogens is 1. The van der Waals surface area contributed by atoms with Crippen LogP contribution in [0, 0.1) is 18.2 Å². The van der Waals surface area contributed by atoms with Gasteiger partial charge in [0.25, 0.3) is 0 Å². The van der Waals surface area contributed by atoms with Gasteiger partial charge in [-0.25, -0.2) is 4.39 Å². The molecule has 4 aromatic rings. The van der Waals surface area contributed by atoms with Crippen LogP contribution in [0.5, 0.6) is 28.7 Å². The third kappa shape index (κ3) is 7.11. The summed E-state index contributed by atoms with van der Waals surface area (Å²) in [6, 6.07) is 14.9. The SMILES string of the molecule is Cc1ccc(NC(=O)C2(C(=O)Nc3ccc(Oc4ccnc5cc(OCCCN6CCN(C)CC6)c6c(c45)OCCO6)c(F)c3)CC2)cc1. The number of pyridine rings is 1. The molecule has 1 saturated carbocycles. The number of carbonyl (C=O) groups is 2. The van der Waals surface area contributed by atoms with Crippen LogP contribution in [-0.2, 0) is 9.59 Å². The Kier molecular flexibility index (Phi) is 9.24. The van der Waals surface area contributed by atoms with Crippen LogP contribution >= 0.6 is 0 Å². The van der Waals surface area contributed by atoms with Gasteiger partial charge < -0.3 is 39.4 Å². The first kappa shape index (κ1) is 32.6. The molecule has 0 radical (unpaired) electrons. The molecular formula is C37H40FN5O6. The zero-order chi connectivity index (χ0) is 34.0. The first-order valence-corrected chi connectivity index (χ1v) is 16.7.